The summed E-state index contributed by atoms with van der Waals surface area (Å²) in [6.07, 6.45) is 6.03. The van der Waals surface area contributed by atoms with Crippen molar-refractivity contribution in [2.75, 3.05) is 23.7 Å². The quantitative estimate of drug-likeness (QED) is 0.780. The Labute approximate surface area is 128 Å². The van der Waals surface area contributed by atoms with E-state index in [0.717, 1.165) is 43.0 Å². The molecule has 0 aromatic carbocycles. The fraction of sp³-hybridized carbons (Fsp3) is 0.786. The molecule has 7 heteroatoms. The maximum absolute atomic E-state index is 10.8. The SMILES string of the molecule is CCCC1CCN(c2nnc(SCC(=O)O)n2C2CC2)C1. The van der Waals surface area contributed by atoms with Crippen molar-refractivity contribution >= 4 is 23.7 Å². The predicted molar refractivity (Wildman–Crippen MR) is 81.9 cm³/mol. The molecule has 2 heterocycles. The molecule has 0 amide bonds. The number of hydrogen-bond donors (Lipinski definition) is 1. The van der Waals surface area contributed by atoms with Crippen LogP contribution in [-0.2, 0) is 4.79 Å². The summed E-state index contributed by atoms with van der Waals surface area (Å²) >= 11 is 1.28. The van der Waals surface area contributed by atoms with Crippen molar-refractivity contribution in [3.63, 3.8) is 0 Å². The van der Waals surface area contributed by atoms with Crippen LogP contribution in [0.2, 0.25) is 0 Å². The van der Waals surface area contributed by atoms with Gasteiger partial charge in [-0.1, -0.05) is 25.1 Å². The molecule has 1 aliphatic heterocycles. The average molecular weight is 310 g/mol. The van der Waals surface area contributed by atoms with Crippen molar-refractivity contribution in [3.05, 3.63) is 0 Å². The van der Waals surface area contributed by atoms with Crippen molar-refractivity contribution < 1.29 is 9.90 Å². The molecule has 116 valence electrons. The summed E-state index contributed by atoms with van der Waals surface area (Å²) in [6.45, 7) is 4.33. The molecule has 3 rings (SSSR count). The zero-order chi connectivity index (χ0) is 14.8. The topological polar surface area (TPSA) is 71.2 Å². The van der Waals surface area contributed by atoms with Gasteiger partial charge in [0, 0.05) is 19.1 Å². The summed E-state index contributed by atoms with van der Waals surface area (Å²) < 4.78 is 2.17. The number of hydrogen-bond acceptors (Lipinski definition) is 5. The summed E-state index contributed by atoms with van der Waals surface area (Å²) in [4.78, 5) is 13.1. The number of carbonyl (C=O) groups is 1. The van der Waals surface area contributed by atoms with Crippen LogP contribution in [-0.4, -0.2) is 44.7 Å². The second kappa shape index (κ2) is 6.25. The Morgan fingerprint density at radius 2 is 2.19 bits per heavy atom. The van der Waals surface area contributed by atoms with Crippen LogP contribution in [0.15, 0.2) is 5.16 Å². The first kappa shape index (κ1) is 14.7. The monoisotopic (exact) mass is 310 g/mol. The lowest BCUT2D eigenvalue weighted by Crippen LogP contribution is -2.23. The van der Waals surface area contributed by atoms with E-state index < -0.39 is 5.97 Å². The number of nitrogens with zero attached hydrogens (tertiary/aromatic N) is 4. The van der Waals surface area contributed by atoms with Crippen molar-refractivity contribution in [3.8, 4) is 0 Å². The molecule has 2 aliphatic rings. The number of carboxylic acids is 1. The van der Waals surface area contributed by atoms with Gasteiger partial charge in [-0.25, -0.2) is 0 Å². The molecule has 1 N–H and O–H groups in total. The van der Waals surface area contributed by atoms with Gasteiger partial charge in [0.15, 0.2) is 5.16 Å². The Balaban J connectivity index is 1.74. The molecule has 2 fully saturated rings. The number of aromatic nitrogens is 3. The highest BCUT2D eigenvalue weighted by Crippen LogP contribution is 2.41. The normalized spacial score (nSPS) is 22.0. The Morgan fingerprint density at radius 1 is 1.38 bits per heavy atom. The van der Waals surface area contributed by atoms with E-state index in [1.807, 2.05) is 0 Å². The molecule has 1 aromatic rings. The summed E-state index contributed by atoms with van der Waals surface area (Å²) in [6, 6.07) is 0.469. The van der Waals surface area contributed by atoms with Crippen LogP contribution in [0, 0.1) is 5.92 Å². The Kier molecular flexibility index (Phi) is 4.37. The van der Waals surface area contributed by atoms with E-state index in [-0.39, 0.29) is 5.75 Å². The minimum absolute atomic E-state index is 0.0450. The first-order chi connectivity index (χ1) is 10.2. The summed E-state index contributed by atoms with van der Waals surface area (Å²) in [5.74, 6) is 0.943. The molecule has 0 spiro atoms. The zero-order valence-corrected chi connectivity index (χ0v) is 13.2. The number of anilines is 1. The van der Waals surface area contributed by atoms with Crippen molar-refractivity contribution in [2.45, 2.75) is 50.2 Å². The molecule has 1 saturated carbocycles. The Bertz CT molecular complexity index is 515. The fourth-order valence-electron chi connectivity index (χ4n) is 3.02. The maximum atomic E-state index is 10.8. The first-order valence-electron chi connectivity index (χ1n) is 7.73. The van der Waals surface area contributed by atoms with E-state index in [2.05, 4.69) is 26.6 Å². The Morgan fingerprint density at radius 3 is 2.86 bits per heavy atom. The highest BCUT2D eigenvalue weighted by molar-refractivity contribution is 7.99. The first-order valence-corrected chi connectivity index (χ1v) is 8.72. The van der Waals surface area contributed by atoms with Gasteiger partial charge in [-0.15, -0.1) is 10.2 Å². The molecule has 1 unspecified atom stereocenters. The number of aliphatic carboxylic acids is 1. The molecular formula is C14H22N4O2S. The average Bonchev–Trinajstić information content (AvgIpc) is 3.03. The molecule has 0 radical (unpaired) electrons. The molecule has 0 bridgehead atoms. The van der Waals surface area contributed by atoms with E-state index in [1.54, 1.807) is 0 Å². The third kappa shape index (κ3) is 3.33. The second-order valence-corrected chi connectivity index (χ2v) is 6.90. The number of thioether (sulfide) groups is 1. The van der Waals surface area contributed by atoms with Crippen LogP contribution in [0.1, 0.15) is 45.1 Å². The van der Waals surface area contributed by atoms with Gasteiger partial charge in [0.05, 0.1) is 5.75 Å². The third-order valence-corrected chi connectivity index (χ3v) is 5.08. The van der Waals surface area contributed by atoms with Crippen molar-refractivity contribution in [1.29, 1.82) is 0 Å². The molecule has 1 atom stereocenters. The second-order valence-electron chi connectivity index (χ2n) is 5.96. The van der Waals surface area contributed by atoms with Crippen molar-refractivity contribution in [2.24, 2.45) is 5.92 Å². The van der Waals surface area contributed by atoms with Gasteiger partial charge < -0.3 is 10.0 Å². The van der Waals surface area contributed by atoms with Crippen LogP contribution in [0.25, 0.3) is 0 Å². The molecule has 1 aromatic heterocycles. The highest BCUT2D eigenvalue weighted by atomic mass is 32.2. The molecule has 1 aliphatic carbocycles. The standard InChI is InChI=1S/C14H22N4O2S/c1-2-3-10-6-7-17(8-10)13-15-16-14(21-9-12(19)20)18(13)11-4-5-11/h10-11H,2-9H2,1H3,(H,19,20). The van der Waals surface area contributed by atoms with Gasteiger partial charge in [-0.05, 0) is 31.6 Å². The Hall–Kier alpha value is -1.24. The third-order valence-electron chi connectivity index (χ3n) is 4.15. The van der Waals surface area contributed by atoms with E-state index in [9.17, 15) is 4.79 Å². The van der Waals surface area contributed by atoms with Crippen LogP contribution < -0.4 is 4.90 Å². The van der Waals surface area contributed by atoms with E-state index in [0.29, 0.717) is 6.04 Å². The smallest absolute Gasteiger partial charge is 0.313 e. The van der Waals surface area contributed by atoms with Gasteiger partial charge in [-0.2, -0.15) is 0 Å². The van der Waals surface area contributed by atoms with Crippen LogP contribution in [0.3, 0.4) is 0 Å². The van der Waals surface area contributed by atoms with E-state index in [1.165, 1.54) is 31.0 Å². The van der Waals surface area contributed by atoms with Crippen LogP contribution in [0.4, 0.5) is 5.95 Å². The van der Waals surface area contributed by atoms with Gasteiger partial charge in [0.25, 0.3) is 0 Å². The number of carboxylic acid groups (broad SMARTS) is 1. The van der Waals surface area contributed by atoms with Crippen molar-refractivity contribution in [1.82, 2.24) is 14.8 Å². The van der Waals surface area contributed by atoms with Gasteiger partial charge in [0.1, 0.15) is 0 Å². The van der Waals surface area contributed by atoms with Crippen LogP contribution in [0.5, 0.6) is 0 Å². The van der Waals surface area contributed by atoms with E-state index >= 15 is 0 Å². The van der Waals surface area contributed by atoms with Gasteiger partial charge in [-0.3, -0.25) is 9.36 Å². The zero-order valence-electron chi connectivity index (χ0n) is 12.4. The molecule has 1 saturated heterocycles. The lowest BCUT2D eigenvalue weighted by molar-refractivity contribution is -0.133. The highest BCUT2D eigenvalue weighted by Gasteiger charge is 2.34. The predicted octanol–water partition coefficient (Wildman–Crippen LogP) is 2.42. The minimum Gasteiger partial charge on any atom is -0.481 e. The largest absolute Gasteiger partial charge is 0.481 e. The minimum atomic E-state index is -0.809. The van der Waals surface area contributed by atoms with Gasteiger partial charge >= 0.3 is 5.97 Å². The van der Waals surface area contributed by atoms with E-state index in [4.69, 9.17) is 5.11 Å². The maximum Gasteiger partial charge on any atom is 0.313 e. The summed E-state index contributed by atoms with van der Waals surface area (Å²) in [5.41, 5.74) is 0. The lowest BCUT2D eigenvalue weighted by Gasteiger charge is -2.19. The summed E-state index contributed by atoms with van der Waals surface area (Å²) in [7, 11) is 0. The van der Waals surface area contributed by atoms with Gasteiger partial charge in [0.2, 0.25) is 5.95 Å². The molecule has 6 nitrogen and oxygen atoms in total. The summed E-state index contributed by atoms with van der Waals surface area (Å²) in [5, 5.41) is 18.2. The van der Waals surface area contributed by atoms with Crippen LogP contribution >= 0.6 is 11.8 Å². The lowest BCUT2D eigenvalue weighted by atomic mass is 10.0. The number of rotatable bonds is 7. The fourth-order valence-corrected chi connectivity index (χ4v) is 3.74. The molecular weight excluding hydrogens is 288 g/mol. The molecule has 21 heavy (non-hydrogen) atoms.